The summed E-state index contributed by atoms with van der Waals surface area (Å²) in [5.74, 6) is 1.11. The second-order valence-corrected chi connectivity index (χ2v) is 8.74. The lowest BCUT2D eigenvalue weighted by Gasteiger charge is -2.18. The Balaban J connectivity index is 1.29. The molecule has 2 amide bonds. The average molecular weight is 461 g/mol. The van der Waals surface area contributed by atoms with Crippen LogP contribution in [0.5, 0.6) is 17.2 Å². The number of ether oxygens (including phenoxy) is 3. The molecule has 0 atom stereocenters. The van der Waals surface area contributed by atoms with Gasteiger partial charge in [-0.05, 0) is 49.7 Å². The van der Waals surface area contributed by atoms with Gasteiger partial charge < -0.3 is 25.3 Å². The summed E-state index contributed by atoms with van der Waals surface area (Å²) in [6, 6.07) is 19.8. The molecule has 7 nitrogen and oxygen atoms in total. The van der Waals surface area contributed by atoms with E-state index in [9.17, 15) is 9.59 Å². The number of carbonyl (C=O) groups is 2. The van der Waals surface area contributed by atoms with Crippen molar-refractivity contribution in [2.45, 2.75) is 32.5 Å². The van der Waals surface area contributed by atoms with Crippen molar-refractivity contribution < 1.29 is 23.8 Å². The number of nitrogens with two attached hydrogens (primary N) is 1. The lowest BCUT2D eigenvalue weighted by Crippen LogP contribution is -2.28. The number of carbonyl (C=O) groups excluding carboxylic acids is 2. The summed E-state index contributed by atoms with van der Waals surface area (Å²) < 4.78 is 17.6. The van der Waals surface area contributed by atoms with Gasteiger partial charge in [0.1, 0.15) is 24.6 Å². The van der Waals surface area contributed by atoms with Crippen LogP contribution in [0.3, 0.4) is 0 Å². The van der Waals surface area contributed by atoms with E-state index in [1.54, 1.807) is 42.5 Å². The second kappa shape index (κ2) is 9.87. The minimum atomic E-state index is -0.554. The van der Waals surface area contributed by atoms with Crippen molar-refractivity contribution in [1.82, 2.24) is 5.32 Å². The number of nitrogens with one attached hydrogen (secondary N) is 1. The molecule has 0 bridgehead atoms. The van der Waals surface area contributed by atoms with Gasteiger partial charge in [0.25, 0.3) is 11.8 Å². The lowest BCUT2D eigenvalue weighted by atomic mass is 10.0. The Morgan fingerprint density at radius 1 is 1.00 bits per heavy atom. The fourth-order valence-corrected chi connectivity index (χ4v) is 3.89. The molecule has 1 heterocycles. The van der Waals surface area contributed by atoms with Gasteiger partial charge in [-0.3, -0.25) is 9.59 Å². The summed E-state index contributed by atoms with van der Waals surface area (Å²) in [6.45, 7) is 4.96. The molecule has 0 saturated heterocycles. The largest absolute Gasteiger partial charge is 0.488 e. The molecule has 0 aliphatic carbocycles. The van der Waals surface area contributed by atoms with Crippen molar-refractivity contribution in [1.29, 1.82) is 0 Å². The summed E-state index contributed by atoms with van der Waals surface area (Å²) >= 11 is 0. The summed E-state index contributed by atoms with van der Waals surface area (Å²) in [4.78, 5) is 24.2. The molecule has 0 saturated carbocycles. The highest BCUT2D eigenvalue weighted by Crippen LogP contribution is 2.41. The number of primary amides is 1. The maximum Gasteiger partial charge on any atom is 0.252 e. The van der Waals surface area contributed by atoms with Crippen LogP contribution in [0.15, 0.2) is 66.7 Å². The molecular formula is C27H28N2O5. The molecular weight excluding hydrogens is 432 g/mol. The van der Waals surface area contributed by atoms with E-state index < -0.39 is 5.91 Å². The van der Waals surface area contributed by atoms with E-state index >= 15 is 0 Å². The average Bonchev–Trinajstić information content (AvgIpc) is 3.15. The summed E-state index contributed by atoms with van der Waals surface area (Å²) in [5, 5.41) is 2.87. The zero-order chi connectivity index (χ0) is 24.1. The van der Waals surface area contributed by atoms with E-state index in [1.165, 1.54) is 0 Å². The Bertz CT molecular complexity index is 1210. The third-order valence-electron chi connectivity index (χ3n) is 5.44. The Labute approximate surface area is 198 Å². The molecule has 0 fully saturated rings. The Hall–Kier alpha value is -4.00. The number of hydrogen-bond donors (Lipinski definition) is 2. The van der Waals surface area contributed by atoms with Crippen molar-refractivity contribution in [2.75, 3.05) is 13.2 Å². The van der Waals surface area contributed by atoms with Crippen LogP contribution in [-0.2, 0) is 13.0 Å². The normalized spacial score (nSPS) is 13.5. The van der Waals surface area contributed by atoms with E-state index in [-0.39, 0.29) is 18.1 Å². The van der Waals surface area contributed by atoms with E-state index in [0.717, 1.165) is 23.3 Å². The molecule has 34 heavy (non-hydrogen) atoms. The van der Waals surface area contributed by atoms with Gasteiger partial charge in [0, 0.05) is 17.5 Å². The van der Waals surface area contributed by atoms with E-state index in [4.69, 9.17) is 19.9 Å². The maximum absolute atomic E-state index is 12.6. The van der Waals surface area contributed by atoms with Crippen LogP contribution in [0.25, 0.3) is 0 Å². The van der Waals surface area contributed by atoms with Gasteiger partial charge >= 0.3 is 0 Å². The zero-order valence-electron chi connectivity index (χ0n) is 19.3. The molecule has 3 aromatic rings. The number of fused-ring (bicyclic) bond motifs is 1. The molecule has 1 aliphatic rings. The van der Waals surface area contributed by atoms with E-state index in [0.29, 0.717) is 35.8 Å². The number of para-hydroxylation sites is 2. The van der Waals surface area contributed by atoms with Crippen LogP contribution in [0, 0.1) is 0 Å². The van der Waals surface area contributed by atoms with Crippen LogP contribution < -0.4 is 25.3 Å². The Morgan fingerprint density at radius 3 is 2.59 bits per heavy atom. The minimum absolute atomic E-state index is 0.198. The predicted molar refractivity (Wildman–Crippen MR) is 128 cm³/mol. The Kier molecular flexibility index (Phi) is 6.72. The SMILES string of the molecule is CC1(C)Cc2cccc(OCCNC(=O)c3cccc(COc4ccccc4C(N)=O)c3)c2O1. The van der Waals surface area contributed by atoms with Gasteiger partial charge in [0.05, 0.1) is 12.1 Å². The Morgan fingerprint density at radius 2 is 1.76 bits per heavy atom. The van der Waals surface area contributed by atoms with Crippen LogP contribution in [0.2, 0.25) is 0 Å². The minimum Gasteiger partial charge on any atom is -0.488 e. The van der Waals surface area contributed by atoms with Gasteiger partial charge in [-0.2, -0.15) is 0 Å². The first-order chi connectivity index (χ1) is 16.3. The monoisotopic (exact) mass is 460 g/mol. The molecule has 7 heteroatoms. The third-order valence-corrected chi connectivity index (χ3v) is 5.44. The highest BCUT2D eigenvalue weighted by atomic mass is 16.5. The van der Waals surface area contributed by atoms with Crippen molar-refractivity contribution in [3.8, 4) is 17.2 Å². The molecule has 3 N–H and O–H groups in total. The fraction of sp³-hybridized carbons (Fsp3) is 0.259. The highest BCUT2D eigenvalue weighted by molar-refractivity contribution is 5.95. The molecule has 4 rings (SSSR count). The standard InChI is InChI=1S/C27H28N2O5/c1-27(2)16-20-9-6-12-23(24(20)34-27)32-14-13-29-26(31)19-8-5-7-18(15-19)17-33-22-11-4-3-10-21(22)25(28)30/h3-12,15H,13-14,16-17H2,1-2H3,(H2,28,30)(H,29,31). The molecule has 0 aromatic heterocycles. The zero-order valence-corrected chi connectivity index (χ0v) is 19.3. The summed E-state index contributed by atoms with van der Waals surface area (Å²) in [6.07, 6.45) is 0.838. The number of rotatable bonds is 9. The first-order valence-corrected chi connectivity index (χ1v) is 11.1. The molecule has 176 valence electrons. The smallest absolute Gasteiger partial charge is 0.252 e. The third kappa shape index (κ3) is 5.49. The number of hydrogen-bond acceptors (Lipinski definition) is 5. The van der Waals surface area contributed by atoms with Crippen molar-refractivity contribution in [3.63, 3.8) is 0 Å². The quantitative estimate of drug-likeness (QED) is 0.472. The van der Waals surface area contributed by atoms with Gasteiger partial charge in [-0.15, -0.1) is 0 Å². The predicted octanol–water partition coefficient (Wildman–Crippen LogP) is 3.89. The number of amides is 2. The number of benzene rings is 3. The first-order valence-electron chi connectivity index (χ1n) is 11.1. The molecule has 1 aliphatic heterocycles. The molecule has 0 unspecified atom stereocenters. The van der Waals surface area contributed by atoms with Crippen LogP contribution in [-0.4, -0.2) is 30.6 Å². The van der Waals surface area contributed by atoms with Crippen molar-refractivity contribution in [2.24, 2.45) is 5.73 Å². The van der Waals surface area contributed by atoms with Gasteiger partial charge in [0.15, 0.2) is 11.5 Å². The lowest BCUT2D eigenvalue weighted by molar-refractivity contribution is 0.0945. The van der Waals surface area contributed by atoms with Gasteiger partial charge in [-0.25, -0.2) is 0 Å². The summed E-state index contributed by atoms with van der Waals surface area (Å²) in [5.41, 5.74) is 7.89. The van der Waals surface area contributed by atoms with Crippen LogP contribution in [0.4, 0.5) is 0 Å². The van der Waals surface area contributed by atoms with Crippen LogP contribution in [0.1, 0.15) is 45.7 Å². The summed E-state index contributed by atoms with van der Waals surface area (Å²) in [7, 11) is 0. The highest BCUT2D eigenvalue weighted by Gasteiger charge is 2.32. The van der Waals surface area contributed by atoms with Gasteiger partial charge in [-0.1, -0.05) is 36.4 Å². The van der Waals surface area contributed by atoms with Crippen LogP contribution >= 0.6 is 0 Å². The van der Waals surface area contributed by atoms with Crippen molar-refractivity contribution >= 4 is 11.8 Å². The van der Waals surface area contributed by atoms with E-state index in [1.807, 2.05) is 38.1 Å². The molecule has 0 radical (unpaired) electrons. The fourth-order valence-electron chi connectivity index (χ4n) is 3.89. The van der Waals surface area contributed by atoms with Crippen molar-refractivity contribution in [3.05, 3.63) is 89.0 Å². The molecule has 0 spiro atoms. The van der Waals surface area contributed by atoms with E-state index in [2.05, 4.69) is 5.32 Å². The topological polar surface area (TPSA) is 99.9 Å². The van der Waals surface area contributed by atoms with Gasteiger partial charge in [0.2, 0.25) is 0 Å². The first kappa shape index (κ1) is 23.2. The second-order valence-electron chi connectivity index (χ2n) is 8.74. The molecule has 3 aromatic carbocycles. The maximum atomic E-state index is 12.6.